The highest BCUT2D eigenvalue weighted by Gasteiger charge is 2.41. The molecule has 0 saturated carbocycles. The van der Waals surface area contributed by atoms with Crippen molar-refractivity contribution in [2.75, 3.05) is 50.7 Å². The predicted molar refractivity (Wildman–Crippen MR) is 250 cm³/mol. The summed E-state index contributed by atoms with van der Waals surface area (Å²) in [6, 6.07) is 10.7. The highest BCUT2D eigenvalue weighted by Crippen LogP contribution is 2.46. The predicted octanol–water partition coefficient (Wildman–Crippen LogP) is 6.60. The number of nitriles is 1. The fourth-order valence-electron chi connectivity index (χ4n) is 9.73. The molecule has 352 valence electrons. The lowest BCUT2D eigenvalue weighted by Crippen LogP contribution is -2.59. The number of carbonyl (C=O) groups is 4. The van der Waals surface area contributed by atoms with E-state index in [2.05, 4.69) is 83.2 Å². The van der Waals surface area contributed by atoms with E-state index in [4.69, 9.17) is 4.74 Å². The van der Waals surface area contributed by atoms with Gasteiger partial charge in [0.1, 0.15) is 24.0 Å². The Labute approximate surface area is 386 Å². The van der Waals surface area contributed by atoms with Gasteiger partial charge in [0.25, 0.3) is 0 Å². The fraction of sp³-hybridized carbons (Fsp3) is 0.551. The number of nitrogens with one attached hydrogen (secondary N) is 3. The number of benzene rings is 2. The normalized spacial score (nSPS) is 18.5. The second-order valence-corrected chi connectivity index (χ2v) is 20.2. The van der Waals surface area contributed by atoms with Crippen LogP contribution in [0.4, 0.5) is 16.4 Å². The summed E-state index contributed by atoms with van der Waals surface area (Å²) >= 11 is 0. The Morgan fingerprint density at radius 1 is 1.06 bits per heavy atom. The molecule has 66 heavy (non-hydrogen) atoms. The van der Waals surface area contributed by atoms with Crippen molar-refractivity contribution in [1.29, 1.82) is 5.26 Å². The van der Waals surface area contributed by atoms with E-state index in [1.54, 1.807) is 32.9 Å². The van der Waals surface area contributed by atoms with Gasteiger partial charge in [-0.3, -0.25) is 14.4 Å². The number of piperidine rings is 1. The van der Waals surface area contributed by atoms with Crippen LogP contribution in [0.25, 0.3) is 10.9 Å². The molecule has 2 aromatic heterocycles. The Bertz CT molecular complexity index is 2550. The van der Waals surface area contributed by atoms with Crippen LogP contribution in [0.1, 0.15) is 126 Å². The number of aryl methyl sites for hydroxylation is 2. The van der Waals surface area contributed by atoms with E-state index in [0.29, 0.717) is 75.2 Å². The first-order valence-electron chi connectivity index (χ1n) is 23.2. The van der Waals surface area contributed by atoms with Crippen molar-refractivity contribution < 1.29 is 28.8 Å². The van der Waals surface area contributed by atoms with Crippen LogP contribution in [0.15, 0.2) is 42.7 Å². The lowest BCUT2D eigenvalue weighted by Gasteiger charge is -2.44. The maximum absolute atomic E-state index is 14.2. The summed E-state index contributed by atoms with van der Waals surface area (Å²) in [7, 11) is 0. The Balaban J connectivity index is 0.932. The van der Waals surface area contributed by atoms with Crippen LogP contribution in [0.3, 0.4) is 0 Å². The van der Waals surface area contributed by atoms with Gasteiger partial charge in [-0.2, -0.15) is 5.26 Å². The zero-order valence-corrected chi connectivity index (χ0v) is 39.6. The van der Waals surface area contributed by atoms with Crippen LogP contribution in [-0.4, -0.2) is 116 Å². The van der Waals surface area contributed by atoms with Crippen LogP contribution < -0.4 is 15.5 Å². The molecule has 3 aliphatic rings. The van der Waals surface area contributed by atoms with E-state index in [1.165, 1.54) is 17.0 Å². The van der Waals surface area contributed by atoms with Crippen molar-refractivity contribution in [2.45, 2.75) is 124 Å². The number of carbonyl (C=O) groups excluding carboxylic acids is 4. The average Bonchev–Trinajstić information content (AvgIpc) is 3.91. The number of alkyl carbamates (subject to hydrolysis) is 1. The number of nitrogens with zero attached hydrogens (tertiary/aromatic N) is 7. The number of rotatable bonds is 14. The summed E-state index contributed by atoms with van der Waals surface area (Å²) in [5.41, 5.74) is 5.23. The van der Waals surface area contributed by atoms with Gasteiger partial charge >= 0.3 is 12.0 Å². The van der Waals surface area contributed by atoms with Crippen LogP contribution in [0.2, 0.25) is 0 Å². The zero-order chi connectivity index (χ0) is 47.7. The first-order chi connectivity index (χ1) is 31.2. The number of piperazine rings is 1. The molecule has 2 fully saturated rings. The first kappa shape index (κ1) is 47.7. The van der Waals surface area contributed by atoms with Gasteiger partial charge in [0.2, 0.25) is 11.8 Å². The number of hydrogen-bond acceptors (Lipinski definition) is 11. The van der Waals surface area contributed by atoms with E-state index in [-0.39, 0.29) is 48.0 Å². The van der Waals surface area contributed by atoms with Crippen molar-refractivity contribution in [3.8, 4) is 6.07 Å². The van der Waals surface area contributed by atoms with Gasteiger partial charge in [-0.1, -0.05) is 45.7 Å². The number of amides is 3. The SMILES string of the molecule is CCc1cc2c(cc1N1CCN(C(=O)CCCN3CCC(C)(C)[C@@H](NC(=O)[C@H](CCCn4ccnc4[N+](=O)[O-])NC(=O)OC(C)(C)C)C3)CC1)C(C)(C)c1[nH]c3cc(C#N)ccc3c1C2=O. The minimum Gasteiger partial charge on any atom is -0.444 e. The molecule has 7 rings (SSSR count). The average molecular weight is 905 g/mol. The molecule has 17 nitrogen and oxygen atoms in total. The molecule has 0 radical (unpaired) electrons. The highest BCUT2D eigenvalue weighted by atomic mass is 16.6. The third kappa shape index (κ3) is 10.1. The van der Waals surface area contributed by atoms with E-state index < -0.39 is 28.1 Å². The lowest BCUT2D eigenvalue weighted by atomic mass is 9.70. The molecule has 3 amide bonds. The van der Waals surface area contributed by atoms with Crippen molar-refractivity contribution in [1.82, 2.24) is 35.0 Å². The van der Waals surface area contributed by atoms with Gasteiger partial charge in [-0.05, 0) is 112 Å². The summed E-state index contributed by atoms with van der Waals surface area (Å²) in [5.74, 6) is -0.528. The summed E-state index contributed by atoms with van der Waals surface area (Å²) < 4.78 is 6.88. The van der Waals surface area contributed by atoms with E-state index >= 15 is 0 Å². The second kappa shape index (κ2) is 18.9. The van der Waals surface area contributed by atoms with Gasteiger partial charge in [0, 0.05) is 78.4 Å². The number of nitro groups is 1. The number of aromatic amines is 1. The number of aromatic nitrogens is 3. The van der Waals surface area contributed by atoms with Crippen molar-refractivity contribution in [3.63, 3.8) is 0 Å². The smallest absolute Gasteiger partial charge is 0.434 e. The van der Waals surface area contributed by atoms with E-state index in [1.807, 2.05) is 11.0 Å². The maximum atomic E-state index is 14.2. The van der Waals surface area contributed by atoms with Gasteiger partial charge in [-0.25, -0.2) is 9.36 Å². The molecule has 2 aromatic carbocycles. The molecule has 0 unspecified atom stereocenters. The number of hydrogen-bond donors (Lipinski definition) is 3. The van der Waals surface area contributed by atoms with Gasteiger partial charge in [0.05, 0.1) is 23.7 Å². The van der Waals surface area contributed by atoms with Gasteiger partial charge < -0.3 is 45.2 Å². The highest BCUT2D eigenvalue weighted by molar-refractivity contribution is 6.20. The van der Waals surface area contributed by atoms with Gasteiger partial charge in [-0.15, -0.1) is 0 Å². The zero-order valence-electron chi connectivity index (χ0n) is 39.6. The summed E-state index contributed by atoms with van der Waals surface area (Å²) in [6.07, 6.45) is 5.39. The molecule has 2 aliphatic heterocycles. The van der Waals surface area contributed by atoms with Crippen molar-refractivity contribution in [3.05, 3.63) is 86.4 Å². The molecule has 4 heterocycles. The quantitative estimate of drug-likeness (QED) is 0.0907. The topological polar surface area (TPSA) is 212 Å². The number of H-pyrrole nitrogens is 1. The third-order valence-electron chi connectivity index (χ3n) is 13.7. The summed E-state index contributed by atoms with van der Waals surface area (Å²) in [6.45, 7) is 20.7. The molecule has 0 bridgehead atoms. The standard InChI is InChI=1S/C49H64N10O7/c1-9-32-27-34-35(49(7,8)43-41(42(34)61)33-15-14-31(29-50)26-37(33)52-43)28-38(32)56-22-24-57(25-23-56)40(60)13-11-18-55-20-16-48(5,6)39(30-55)54-44(62)36(53-46(63)66-47(2,3)4)12-10-19-58-21-17-51-45(58)59(64)65/h14-15,17,21,26-28,36,39,52H,9-13,16,18-20,22-25,30H2,1-8H3,(H,53,63)(H,54,62)/t36-,39-/m0/s1. The second-order valence-electron chi connectivity index (χ2n) is 20.2. The number of ether oxygens (including phenoxy) is 1. The molecule has 2 saturated heterocycles. The number of imidazole rings is 1. The minimum atomic E-state index is -0.933. The number of ketones is 1. The van der Waals surface area contributed by atoms with Crippen LogP contribution in [-0.2, 0) is 32.7 Å². The molecule has 4 aromatic rings. The van der Waals surface area contributed by atoms with Crippen molar-refractivity contribution in [2.24, 2.45) is 5.41 Å². The number of likely N-dealkylation sites (tertiary alicyclic amines) is 1. The molecular formula is C49H64N10O7. The number of anilines is 1. The minimum absolute atomic E-state index is 0.00648. The molecule has 2 atom stereocenters. The molecular weight excluding hydrogens is 841 g/mol. The van der Waals surface area contributed by atoms with E-state index in [0.717, 1.165) is 52.8 Å². The van der Waals surface area contributed by atoms with Gasteiger partial charge in [0.15, 0.2) is 5.78 Å². The monoisotopic (exact) mass is 904 g/mol. The van der Waals surface area contributed by atoms with E-state index in [9.17, 15) is 34.6 Å². The molecule has 0 spiro atoms. The summed E-state index contributed by atoms with van der Waals surface area (Å²) in [4.78, 5) is 79.2. The van der Waals surface area contributed by atoms with Crippen molar-refractivity contribution >= 4 is 46.2 Å². The summed E-state index contributed by atoms with van der Waals surface area (Å²) in [5, 5.41) is 27.6. The number of fused-ring (bicyclic) bond motifs is 4. The molecule has 17 heteroatoms. The Morgan fingerprint density at radius 2 is 1.80 bits per heavy atom. The Hall–Kier alpha value is -6.28. The Morgan fingerprint density at radius 3 is 2.48 bits per heavy atom. The molecule has 3 N–H and O–H groups in total. The Kier molecular flexibility index (Phi) is 13.7. The maximum Gasteiger partial charge on any atom is 0.434 e. The van der Waals surface area contributed by atoms with Crippen LogP contribution >= 0.6 is 0 Å². The van der Waals surface area contributed by atoms with Crippen LogP contribution in [0.5, 0.6) is 0 Å². The molecule has 1 aliphatic carbocycles. The fourth-order valence-corrected chi connectivity index (χ4v) is 9.73. The largest absolute Gasteiger partial charge is 0.444 e. The third-order valence-corrected chi connectivity index (χ3v) is 13.7. The first-order valence-corrected chi connectivity index (χ1v) is 23.2. The van der Waals surface area contributed by atoms with Crippen LogP contribution in [0, 0.1) is 26.9 Å². The lowest BCUT2D eigenvalue weighted by molar-refractivity contribution is -0.396.